The van der Waals surface area contributed by atoms with Crippen LogP contribution < -0.4 is 0 Å². The van der Waals surface area contributed by atoms with Gasteiger partial charge in [-0.15, -0.1) is 0 Å². The number of rotatable bonds is 4. The molecule has 0 saturated carbocycles. The van der Waals surface area contributed by atoms with Crippen molar-refractivity contribution in [2.45, 2.75) is 6.54 Å². The lowest BCUT2D eigenvalue weighted by Gasteiger charge is -2.32. The molecule has 1 saturated heterocycles. The molecule has 1 aliphatic rings. The summed E-state index contributed by atoms with van der Waals surface area (Å²) in [5.41, 5.74) is 7.46. The Kier molecular flexibility index (Phi) is 4.70. The second-order valence-corrected chi connectivity index (χ2v) is 8.63. The summed E-state index contributed by atoms with van der Waals surface area (Å²) in [6.07, 6.45) is 7.62. The van der Waals surface area contributed by atoms with Crippen LogP contribution in [-0.4, -0.2) is 68.2 Å². The summed E-state index contributed by atoms with van der Waals surface area (Å²) >= 11 is 0. The lowest BCUT2D eigenvalue weighted by molar-refractivity contribution is 0.148. The average molecular weight is 424 g/mol. The number of fused-ring (bicyclic) bond motifs is 2. The molecule has 7 nitrogen and oxygen atoms in total. The van der Waals surface area contributed by atoms with Gasteiger partial charge in [-0.05, 0) is 30.3 Å². The molecule has 0 bridgehead atoms. The van der Waals surface area contributed by atoms with Gasteiger partial charge in [0.1, 0.15) is 5.65 Å². The van der Waals surface area contributed by atoms with Crippen molar-refractivity contribution in [2.75, 3.05) is 33.2 Å². The standard InChI is InChI=1S/C25H25N7/c1-31-6-8-32(9-7-31)16-17-2-4-18(5-3-17)19-11-22-23(15-28-25(22)27-12-19)20-10-21-14-29-30-24(21)26-13-20/h2-5,10-15H,6-9,16H2,1H3,(H,27,28)(H,26,29,30). The summed E-state index contributed by atoms with van der Waals surface area (Å²) in [7, 11) is 2.19. The highest BCUT2D eigenvalue weighted by molar-refractivity contribution is 5.97. The van der Waals surface area contributed by atoms with Gasteiger partial charge >= 0.3 is 0 Å². The predicted molar refractivity (Wildman–Crippen MR) is 127 cm³/mol. The number of benzene rings is 1. The minimum absolute atomic E-state index is 0.795. The highest BCUT2D eigenvalue weighted by Crippen LogP contribution is 2.31. The third kappa shape index (κ3) is 3.55. The smallest absolute Gasteiger partial charge is 0.155 e. The number of nitrogens with one attached hydrogen (secondary N) is 2. The van der Waals surface area contributed by atoms with Crippen LogP contribution in [0.15, 0.2) is 61.2 Å². The Hall–Kier alpha value is -3.55. The normalized spacial score (nSPS) is 15.7. The number of nitrogens with zero attached hydrogens (tertiary/aromatic N) is 5. The van der Waals surface area contributed by atoms with Gasteiger partial charge in [-0.3, -0.25) is 10.00 Å². The van der Waals surface area contributed by atoms with Crippen LogP contribution in [0.5, 0.6) is 0 Å². The minimum Gasteiger partial charge on any atom is -0.346 e. The Labute approximate surface area is 186 Å². The van der Waals surface area contributed by atoms with E-state index in [1.54, 1.807) is 6.20 Å². The van der Waals surface area contributed by atoms with Crippen molar-refractivity contribution in [1.82, 2.24) is 34.9 Å². The largest absolute Gasteiger partial charge is 0.346 e. The van der Waals surface area contributed by atoms with Crippen molar-refractivity contribution in [1.29, 1.82) is 0 Å². The van der Waals surface area contributed by atoms with E-state index in [1.807, 2.05) is 18.6 Å². The number of piperazine rings is 1. The number of pyridine rings is 2. The fraction of sp³-hybridized carbons (Fsp3) is 0.240. The first-order valence-electron chi connectivity index (χ1n) is 11.0. The van der Waals surface area contributed by atoms with E-state index >= 15 is 0 Å². The molecule has 0 spiro atoms. The van der Waals surface area contributed by atoms with E-state index in [0.717, 1.165) is 71.5 Å². The quantitative estimate of drug-likeness (QED) is 0.458. The van der Waals surface area contributed by atoms with E-state index in [2.05, 4.69) is 78.4 Å². The zero-order valence-corrected chi connectivity index (χ0v) is 18.0. The fourth-order valence-corrected chi connectivity index (χ4v) is 4.45. The number of aromatic amines is 2. The first-order valence-corrected chi connectivity index (χ1v) is 11.0. The fourth-order valence-electron chi connectivity index (χ4n) is 4.45. The lowest BCUT2D eigenvalue weighted by Crippen LogP contribution is -2.43. The molecule has 32 heavy (non-hydrogen) atoms. The average Bonchev–Trinajstić information content (AvgIpc) is 3.47. The minimum atomic E-state index is 0.795. The van der Waals surface area contributed by atoms with E-state index < -0.39 is 0 Å². The molecule has 6 rings (SSSR count). The van der Waals surface area contributed by atoms with Crippen LogP contribution in [0.1, 0.15) is 5.56 Å². The van der Waals surface area contributed by atoms with Crippen molar-refractivity contribution < 1.29 is 0 Å². The van der Waals surface area contributed by atoms with Gasteiger partial charge in [-0.2, -0.15) is 5.10 Å². The molecule has 0 amide bonds. The van der Waals surface area contributed by atoms with E-state index in [1.165, 1.54) is 11.1 Å². The molecular weight excluding hydrogens is 398 g/mol. The molecule has 7 heteroatoms. The van der Waals surface area contributed by atoms with Gasteiger partial charge in [0.05, 0.1) is 6.20 Å². The summed E-state index contributed by atoms with van der Waals surface area (Å²) in [6.45, 7) is 5.57. The van der Waals surface area contributed by atoms with Crippen LogP contribution in [0.3, 0.4) is 0 Å². The molecule has 1 aromatic carbocycles. The predicted octanol–water partition coefficient (Wildman–Crippen LogP) is 3.92. The maximum Gasteiger partial charge on any atom is 0.155 e. The van der Waals surface area contributed by atoms with Crippen LogP contribution in [0, 0.1) is 0 Å². The van der Waals surface area contributed by atoms with Gasteiger partial charge in [0.15, 0.2) is 5.65 Å². The number of likely N-dealkylation sites (N-methyl/N-ethyl adjacent to an activating group) is 1. The second kappa shape index (κ2) is 7.85. The molecule has 0 unspecified atom stereocenters. The van der Waals surface area contributed by atoms with Gasteiger partial charge < -0.3 is 9.88 Å². The van der Waals surface area contributed by atoms with E-state index in [-0.39, 0.29) is 0 Å². The zero-order chi connectivity index (χ0) is 21.5. The lowest BCUT2D eigenvalue weighted by atomic mass is 10.0. The molecule has 4 aromatic heterocycles. The molecule has 2 N–H and O–H groups in total. The molecule has 0 aliphatic carbocycles. The molecule has 160 valence electrons. The molecular formula is C25H25N7. The van der Waals surface area contributed by atoms with Gasteiger partial charge in [-0.25, -0.2) is 9.97 Å². The van der Waals surface area contributed by atoms with Crippen molar-refractivity contribution in [3.63, 3.8) is 0 Å². The molecule has 0 atom stereocenters. The Bertz CT molecular complexity index is 1370. The second-order valence-electron chi connectivity index (χ2n) is 8.63. The van der Waals surface area contributed by atoms with E-state index in [9.17, 15) is 0 Å². The van der Waals surface area contributed by atoms with E-state index in [4.69, 9.17) is 0 Å². The zero-order valence-electron chi connectivity index (χ0n) is 18.0. The Morgan fingerprint density at radius 3 is 2.47 bits per heavy atom. The van der Waals surface area contributed by atoms with Gasteiger partial charge in [0, 0.05) is 78.8 Å². The molecule has 1 aliphatic heterocycles. The highest BCUT2D eigenvalue weighted by atomic mass is 15.2. The summed E-state index contributed by atoms with van der Waals surface area (Å²) in [5.74, 6) is 0. The Balaban J connectivity index is 1.28. The number of aromatic nitrogens is 5. The molecule has 0 radical (unpaired) electrons. The van der Waals surface area contributed by atoms with Crippen LogP contribution in [0.4, 0.5) is 0 Å². The Morgan fingerprint density at radius 2 is 1.62 bits per heavy atom. The number of H-pyrrole nitrogens is 2. The maximum absolute atomic E-state index is 4.67. The highest BCUT2D eigenvalue weighted by Gasteiger charge is 2.14. The third-order valence-electron chi connectivity index (χ3n) is 6.42. The topological polar surface area (TPSA) is 76.7 Å². The maximum atomic E-state index is 4.67. The van der Waals surface area contributed by atoms with Crippen molar-refractivity contribution in [3.05, 3.63) is 66.7 Å². The summed E-state index contributed by atoms with van der Waals surface area (Å²) < 4.78 is 0. The monoisotopic (exact) mass is 423 g/mol. The Morgan fingerprint density at radius 1 is 0.844 bits per heavy atom. The molecule has 5 aromatic rings. The summed E-state index contributed by atoms with van der Waals surface area (Å²) in [6, 6.07) is 13.2. The van der Waals surface area contributed by atoms with Crippen LogP contribution >= 0.6 is 0 Å². The van der Waals surface area contributed by atoms with Crippen LogP contribution in [0.2, 0.25) is 0 Å². The molecule has 5 heterocycles. The summed E-state index contributed by atoms with van der Waals surface area (Å²) in [5, 5.41) is 9.07. The first kappa shape index (κ1) is 19.2. The number of hydrogen-bond acceptors (Lipinski definition) is 5. The van der Waals surface area contributed by atoms with Gasteiger partial charge in [-0.1, -0.05) is 24.3 Å². The first-order chi connectivity index (χ1) is 15.7. The summed E-state index contributed by atoms with van der Waals surface area (Å²) in [4.78, 5) is 17.4. The molecule has 1 fully saturated rings. The van der Waals surface area contributed by atoms with Crippen LogP contribution in [-0.2, 0) is 6.54 Å². The van der Waals surface area contributed by atoms with Gasteiger partial charge in [0.25, 0.3) is 0 Å². The van der Waals surface area contributed by atoms with E-state index in [0.29, 0.717) is 0 Å². The van der Waals surface area contributed by atoms with Crippen LogP contribution in [0.25, 0.3) is 44.3 Å². The number of hydrogen-bond donors (Lipinski definition) is 2. The van der Waals surface area contributed by atoms with Crippen molar-refractivity contribution in [3.8, 4) is 22.3 Å². The van der Waals surface area contributed by atoms with Gasteiger partial charge in [0.2, 0.25) is 0 Å². The van der Waals surface area contributed by atoms with Crippen molar-refractivity contribution in [2.24, 2.45) is 0 Å². The van der Waals surface area contributed by atoms with Crippen molar-refractivity contribution >= 4 is 22.1 Å². The third-order valence-corrected chi connectivity index (χ3v) is 6.42. The SMILES string of the molecule is CN1CCN(Cc2ccc(-c3cnc4[nH]cc(-c5cnc6[nH]ncc6c5)c4c3)cc2)CC1.